The summed E-state index contributed by atoms with van der Waals surface area (Å²) < 4.78 is 41.3. The fourth-order valence-corrected chi connectivity index (χ4v) is 4.45. The van der Waals surface area contributed by atoms with E-state index in [9.17, 15) is 18.0 Å². The van der Waals surface area contributed by atoms with Crippen molar-refractivity contribution >= 4 is 11.7 Å². The van der Waals surface area contributed by atoms with Gasteiger partial charge in [-0.2, -0.15) is 18.3 Å². The predicted octanol–water partition coefficient (Wildman–Crippen LogP) is 3.86. The van der Waals surface area contributed by atoms with Crippen molar-refractivity contribution in [2.45, 2.75) is 63.2 Å². The summed E-state index contributed by atoms with van der Waals surface area (Å²) >= 11 is 0. The van der Waals surface area contributed by atoms with E-state index in [0.717, 1.165) is 30.4 Å². The number of fused-ring (bicyclic) bond motifs is 1. The van der Waals surface area contributed by atoms with Crippen LogP contribution in [0.2, 0.25) is 0 Å². The van der Waals surface area contributed by atoms with E-state index in [1.165, 1.54) is 0 Å². The lowest BCUT2D eigenvalue weighted by molar-refractivity contribution is -0.173. The molecule has 1 aromatic heterocycles. The van der Waals surface area contributed by atoms with E-state index < -0.39 is 12.2 Å². The number of amides is 1. The van der Waals surface area contributed by atoms with E-state index in [2.05, 4.69) is 22.6 Å². The lowest BCUT2D eigenvalue weighted by Crippen LogP contribution is -2.37. The molecule has 4 rings (SSSR count). The number of hydrogen-bond acceptors (Lipinski definition) is 3. The topological polar surface area (TPSA) is 50.2 Å². The zero-order valence-electron chi connectivity index (χ0n) is 15.4. The van der Waals surface area contributed by atoms with Crippen LogP contribution < -0.4 is 5.32 Å². The monoisotopic (exact) mass is 382 g/mol. The predicted molar refractivity (Wildman–Crippen MR) is 95.4 cm³/mol. The number of carbonyl (C=O) groups is 1. The van der Waals surface area contributed by atoms with Crippen molar-refractivity contribution in [2.24, 2.45) is 5.92 Å². The molecule has 0 bridgehead atoms. The van der Waals surface area contributed by atoms with Crippen LogP contribution in [-0.2, 0) is 4.79 Å². The van der Waals surface area contributed by atoms with Crippen molar-refractivity contribution in [3.8, 4) is 0 Å². The molecule has 0 unspecified atom stereocenters. The minimum absolute atomic E-state index is 0.00262. The second-order valence-corrected chi connectivity index (χ2v) is 7.99. The highest BCUT2D eigenvalue weighted by atomic mass is 19.4. The van der Waals surface area contributed by atoms with Crippen molar-refractivity contribution in [3.05, 3.63) is 23.9 Å². The number of hydrogen-bond donors (Lipinski definition) is 1. The summed E-state index contributed by atoms with van der Waals surface area (Å²) in [5.41, 5.74) is 0.652. The highest BCUT2D eigenvalue weighted by Gasteiger charge is 2.46. The van der Waals surface area contributed by atoms with E-state index in [4.69, 9.17) is 0 Å². The van der Waals surface area contributed by atoms with Crippen molar-refractivity contribution in [1.29, 1.82) is 0 Å². The highest BCUT2D eigenvalue weighted by molar-refractivity contribution is 5.79. The molecule has 27 heavy (non-hydrogen) atoms. The molecule has 5 nitrogen and oxygen atoms in total. The Labute approximate surface area is 156 Å². The molecule has 1 N–H and O–H groups in total. The van der Waals surface area contributed by atoms with E-state index in [1.54, 1.807) is 13.0 Å². The van der Waals surface area contributed by atoms with E-state index in [1.807, 2.05) is 4.90 Å². The van der Waals surface area contributed by atoms with Gasteiger partial charge in [0, 0.05) is 37.0 Å². The van der Waals surface area contributed by atoms with E-state index in [0.29, 0.717) is 24.6 Å². The Hall–Kier alpha value is -1.99. The van der Waals surface area contributed by atoms with Gasteiger partial charge in [-0.25, -0.2) is 4.68 Å². The van der Waals surface area contributed by atoms with Gasteiger partial charge in [0.1, 0.15) is 5.82 Å². The van der Waals surface area contributed by atoms with Gasteiger partial charge in [0.25, 0.3) is 0 Å². The quantitative estimate of drug-likeness (QED) is 0.790. The number of halogens is 3. The Bertz CT molecular complexity index is 742. The van der Waals surface area contributed by atoms with Gasteiger partial charge in [-0.15, -0.1) is 0 Å². The first kappa shape index (κ1) is 18.4. The van der Waals surface area contributed by atoms with Crippen LogP contribution in [0.1, 0.15) is 56.7 Å². The molecule has 0 radical (unpaired) electrons. The molecule has 1 saturated heterocycles. The highest BCUT2D eigenvalue weighted by Crippen LogP contribution is 2.41. The van der Waals surface area contributed by atoms with Gasteiger partial charge in [0.15, 0.2) is 6.04 Å². The zero-order valence-corrected chi connectivity index (χ0v) is 15.4. The summed E-state index contributed by atoms with van der Waals surface area (Å²) in [4.78, 5) is 14.6. The number of carbonyl (C=O) groups excluding carboxylic acids is 1. The Morgan fingerprint density at radius 1 is 1.30 bits per heavy atom. The van der Waals surface area contributed by atoms with Crippen LogP contribution in [0.3, 0.4) is 0 Å². The molecule has 3 aliphatic rings. The number of allylic oxidation sites excluding steroid dienone is 2. The Kier molecular flexibility index (Phi) is 4.68. The standard InChI is InChI=1S/C19H25F3N4O/c1-12-9-16(19(20,21)22)26-17(23-12)10-15(24-26)14-7-8-25(11-14)18(27)13-5-3-2-4-6-13/h2-3,10,12-14,16,23H,4-9,11H2,1H3/t12-,13+,14-,16-/m1/s1. The number of likely N-dealkylation sites (tertiary alicyclic amines) is 1. The van der Waals surface area contributed by atoms with Crippen LogP contribution >= 0.6 is 0 Å². The lowest BCUT2D eigenvalue weighted by Gasteiger charge is -2.31. The number of nitrogens with one attached hydrogen (secondary N) is 1. The van der Waals surface area contributed by atoms with Gasteiger partial charge in [-0.05, 0) is 39.0 Å². The van der Waals surface area contributed by atoms with Gasteiger partial charge in [0.05, 0.1) is 5.69 Å². The van der Waals surface area contributed by atoms with Crippen LogP contribution in [0, 0.1) is 5.92 Å². The molecule has 148 valence electrons. The van der Waals surface area contributed by atoms with Gasteiger partial charge < -0.3 is 10.2 Å². The van der Waals surface area contributed by atoms with Crippen molar-refractivity contribution in [3.63, 3.8) is 0 Å². The second-order valence-electron chi connectivity index (χ2n) is 7.99. The van der Waals surface area contributed by atoms with Crippen LogP contribution in [0.15, 0.2) is 18.2 Å². The summed E-state index contributed by atoms with van der Waals surface area (Å²) in [7, 11) is 0. The van der Waals surface area contributed by atoms with Gasteiger partial charge in [-0.3, -0.25) is 4.79 Å². The molecule has 8 heteroatoms. The maximum absolute atomic E-state index is 13.4. The van der Waals surface area contributed by atoms with Gasteiger partial charge in [0.2, 0.25) is 5.91 Å². The molecule has 1 aromatic rings. The molecular weight excluding hydrogens is 357 g/mol. The molecule has 0 aromatic carbocycles. The number of anilines is 1. The third-order valence-corrected chi connectivity index (χ3v) is 5.94. The minimum Gasteiger partial charge on any atom is -0.368 e. The SMILES string of the molecule is C[C@@H]1C[C@H](C(F)(F)F)n2nc([C@@H]3CCN(C(=O)[C@H]4CC=CCC4)C3)cc2N1. The number of alkyl halides is 3. The third-order valence-electron chi connectivity index (χ3n) is 5.94. The number of aromatic nitrogens is 2. The first-order valence-corrected chi connectivity index (χ1v) is 9.69. The Morgan fingerprint density at radius 3 is 2.81 bits per heavy atom. The molecule has 0 spiro atoms. The molecule has 2 aliphatic heterocycles. The van der Waals surface area contributed by atoms with Gasteiger partial charge >= 0.3 is 6.18 Å². The lowest BCUT2D eigenvalue weighted by atomic mass is 9.93. The zero-order chi connectivity index (χ0) is 19.2. The molecule has 1 amide bonds. The third kappa shape index (κ3) is 3.58. The van der Waals surface area contributed by atoms with Crippen LogP contribution in [0.25, 0.3) is 0 Å². The fraction of sp³-hybridized carbons (Fsp3) is 0.684. The van der Waals surface area contributed by atoms with E-state index >= 15 is 0 Å². The Morgan fingerprint density at radius 2 is 2.11 bits per heavy atom. The molecule has 0 saturated carbocycles. The first-order chi connectivity index (χ1) is 12.8. The van der Waals surface area contributed by atoms with Crippen LogP contribution in [-0.4, -0.2) is 45.9 Å². The second kappa shape index (κ2) is 6.87. The normalized spacial score (nSPS) is 30.9. The van der Waals surface area contributed by atoms with Crippen molar-refractivity contribution < 1.29 is 18.0 Å². The largest absolute Gasteiger partial charge is 0.410 e. The molecular formula is C19H25F3N4O. The average Bonchev–Trinajstić information content (AvgIpc) is 3.27. The van der Waals surface area contributed by atoms with Gasteiger partial charge in [-0.1, -0.05) is 12.2 Å². The summed E-state index contributed by atoms with van der Waals surface area (Å²) in [6.45, 7) is 2.95. The average molecular weight is 382 g/mol. The first-order valence-electron chi connectivity index (χ1n) is 9.69. The van der Waals surface area contributed by atoms with Crippen molar-refractivity contribution in [2.75, 3.05) is 18.4 Å². The van der Waals surface area contributed by atoms with E-state index in [-0.39, 0.29) is 30.2 Å². The summed E-state index contributed by atoms with van der Waals surface area (Å²) in [5, 5.41) is 7.41. The Balaban J connectivity index is 1.49. The number of rotatable bonds is 2. The summed E-state index contributed by atoms with van der Waals surface area (Å²) in [5.74, 6) is 0.636. The number of nitrogens with zero attached hydrogens (tertiary/aromatic N) is 3. The molecule has 1 aliphatic carbocycles. The minimum atomic E-state index is -4.32. The maximum atomic E-state index is 13.4. The summed E-state index contributed by atoms with van der Waals surface area (Å²) in [6, 6.07) is -0.114. The van der Waals surface area contributed by atoms with Crippen LogP contribution in [0.5, 0.6) is 0 Å². The fourth-order valence-electron chi connectivity index (χ4n) is 4.45. The maximum Gasteiger partial charge on any atom is 0.410 e. The molecule has 1 fully saturated rings. The summed E-state index contributed by atoms with van der Waals surface area (Å²) in [6.07, 6.45) is 3.17. The van der Waals surface area contributed by atoms with Crippen LogP contribution in [0.4, 0.5) is 19.0 Å². The molecule has 4 atom stereocenters. The smallest absolute Gasteiger partial charge is 0.368 e. The van der Waals surface area contributed by atoms with Crippen molar-refractivity contribution in [1.82, 2.24) is 14.7 Å². The molecule has 3 heterocycles.